The van der Waals surface area contributed by atoms with E-state index in [0.717, 1.165) is 48.6 Å². The molecule has 6 rings (SSSR count). The highest BCUT2D eigenvalue weighted by molar-refractivity contribution is 5.88. The number of aliphatic hydroxyl groups excluding tert-OH is 8. The molecule has 0 aliphatic carbocycles. The summed E-state index contributed by atoms with van der Waals surface area (Å²) in [6, 6.07) is 10.9. The second kappa shape index (κ2) is 22.6. The van der Waals surface area contributed by atoms with Crippen molar-refractivity contribution in [3.63, 3.8) is 0 Å². The van der Waals surface area contributed by atoms with E-state index in [4.69, 9.17) is 37.9 Å². The minimum absolute atomic E-state index is 0.0317. The Kier molecular flexibility index (Phi) is 17.2. The number of esters is 2. The van der Waals surface area contributed by atoms with Crippen molar-refractivity contribution in [1.82, 2.24) is 0 Å². The number of phenols is 6. The van der Waals surface area contributed by atoms with E-state index >= 15 is 0 Å². The topological polar surface area (TPSA) is 391 Å². The summed E-state index contributed by atoms with van der Waals surface area (Å²) in [4.78, 5) is 27.5. The van der Waals surface area contributed by atoms with E-state index < -0.39 is 151 Å². The number of aromatic hydroxyl groups is 6. The molecule has 24 heteroatoms. The third-order valence-electron chi connectivity index (χ3n) is 11.1. The van der Waals surface area contributed by atoms with Gasteiger partial charge in [-0.05, 0) is 78.6 Å². The summed E-state index contributed by atoms with van der Waals surface area (Å²) in [6.45, 7) is 0.0116. The molecule has 16 atom stereocenters. The van der Waals surface area contributed by atoms with E-state index in [-0.39, 0.29) is 24.2 Å². The first-order valence-electron chi connectivity index (χ1n) is 20.8. The van der Waals surface area contributed by atoms with Gasteiger partial charge in [0.2, 0.25) is 6.29 Å². The van der Waals surface area contributed by atoms with E-state index in [2.05, 4.69) is 0 Å². The van der Waals surface area contributed by atoms with Crippen LogP contribution in [0.2, 0.25) is 0 Å². The molecule has 3 aromatic rings. The average molecular weight is 965 g/mol. The number of carbonyl (C=O) groups is 2. The van der Waals surface area contributed by atoms with Crippen LogP contribution in [-0.2, 0) is 53.9 Å². The molecule has 24 nitrogen and oxygen atoms in total. The van der Waals surface area contributed by atoms with E-state index in [1.807, 2.05) is 0 Å². The first kappa shape index (κ1) is 51.7. The zero-order chi connectivity index (χ0) is 49.6. The maximum absolute atomic E-state index is 13.8. The van der Waals surface area contributed by atoms with Crippen molar-refractivity contribution in [2.75, 3.05) is 13.2 Å². The quantitative estimate of drug-likeness (QED) is 0.0313. The molecular weight excluding hydrogens is 912 g/mol. The smallest absolute Gasteiger partial charge is 0.333 e. The van der Waals surface area contributed by atoms with Gasteiger partial charge >= 0.3 is 11.9 Å². The van der Waals surface area contributed by atoms with Gasteiger partial charge in [0.05, 0.1) is 19.3 Å². The van der Waals surface area contributed by atoms with E-state index in [0.29, 0.717) is 5.56 Å². The summed E-state index contributed by atoms with van der Waals surface area (Å²) in [5.74, 6) is -5.53. The Balaban J connectivity index is 1.43. The molecule has 0 radical (unpaired) electrons. The second-order valence-electron chi connectivity index (χ2n) is 15.9. The maximum Gasteiger partial charge on any atom is 0.333 e. The number of carbonyl (C=O) groups excluding carboxylic acids is 2. The molecule has 372 valence electrons. The lowest BCUT2D eigenvalue weighted by molar-refractivity contribution is -0.390. The SMILES string of the molecule is CC1OC(OC2C(O)C(OCCc3ccc(O)c(O)c3)OC(C(OC(=O)C=Cc3ccc(O)c(O)c3)OC3OC(CO)C(O)C(O)C3O)C2OC(=O)C=Cc2ccc(O)c(O)c2)C(O)C(O)C1O. The lowest BCUT2D eigenvalue weighted by atomic mass is 9.96. The van der Waals surface area contributed by atoms with Gasteiger partial charge in [-0.15, -0.1) is 0 Å². The van der Waals surface area contributed by atoms with Crippen LogP contribution in [0.25, 0.3) is 12.2 Å². The van der Waals surface area contributed by atoms with Gasteiger partial charge < -0.3 is 109 Å². The molecule has 3 saturated heterocycles. The summed E-state index contributed by atoms with van der Waals surface area (Å²) in [5, 5.41) is 145. The Morgan fingerprint density at radius 3 is 1.75 bits per heavy atom. The molecule has 0 saturated carbocycles. The number of aliphatic hydroxyl groups is 8. The fourth-order valence-corrected chi connectivity index (χ4v) is 7.22. The molecule has 0 amide bonds. The average Bonchev–Trinajstić information content (AvgIpc) is 3.30. The molecule has 14 N–H and O–H groups in total. The third-order valence-corrected chi connectivity index (χ3v) is 11.1. The van der Waals surface area contributed by atoms with Crippen molar-refractivity contribution in [1.29, 1.82) is 0 Å². The molecule has 3 aromatic carbocycles. The number of hydrogen-bond acceptors (Lipinski definition) is 24. The number of phenolic OH excluding ortho intramolecular Hbond substituents is 6. The maximum atomic E-state index is 13.8. The summed E-state index contributed by atoms with van der Waals surface area (Å²) in [5.41, 5.74) is 0.712. The number of benzene rings is 3. The Morgan fingerprint density at radius 2 is 1.16 bits per heavy atom. The van der Waals surface area contributed by atoms with Gasteiger partial charge in [0.15, 0.2) is 65.6 Å². The Labute approximate surface area is 385 Å². The molecular formula is C44H52O24. The first-order chi connectivity index (χ1) is 32.3. The van der Waals surface area contributed by atoms with Crippen molar-refractivity contribution in [3.8, 4) is 34.5 Å². The van der Waals surface area contributed by atoms with Crippen LogP contribution in [0, 0.1) is 0 Å². The standard InChI is InChI=1S/C44H52O24/c1-18-31(54)33(56)35(58)42(62-18)66-38-37(60)41(61-13-12-21-4-9-24(48)27(51)16-21)67-40(39(38)64-29(52)10-5-19-2-7-22(46)25(49)14-19)44(68-43-36(59)34(57)32(55)28(17-45)63-43)65-30(53)11-6-20-3-8-23(47)26(50)15-20/h2-11,14-16,18,28,31-51,54-60H,12-13,17H2,1H3. The molecule has 3 aliphatic heterocycles. The molecule has 0 bridgehead atoms. The van der Waals surface area contributed by atoms with E-state index in [9.17, 15) is 81.1 Å². The summed E-state index contributed by atoms with van der Waals surface area (Å²) < 4.78 is 46.6. The lowest BCUT2D eigenvalue weighted by Gasteiger charge is -2.48. The fraction of sp³-hybridized carbons (Fsp3) is 0.455. The van der Waals surface area contributed by atoms with Gasteiger partial charge in [-0.25, -0.2) is 9.59 Å². The molecule has 68 heavy (non-hydrogen) atoms. The van der Waals surface area contributed by atoms with Gasteiger partial charge in [-0.3, -0.25) is 0 Å². The number of ether oxygens (including phenoxy) is 8. The summed E-state index contributed by atoms with van der Waals surface area (Å²) >= 11 is 0. The Hall–Kier alpha value is -5.68. The second-order valence-corrected chi connectivity index (χ2v) is 15.9. The monoisotopic (exact) mass is 964 g/mol. The van der Waals surface area contributed by atoms with Crippen molar-refractivity contribution in [3.05, 3.63) is 83.4 Å². The van der Waals surface area contributed by atoms with Crippen LogP contribution in [-0.4, -0.2) is 195 Å². The predicted octanol–water partition coefficient (Wildman–Crippen LogP) is -2.20. The Morgan fingerprint density at radius 1 is 0.603 bits per heavy atom. The van der Waals surface area contributed by atoms with Gasteiger partial charge in [0.25, 0.3) is 0 Å². The zero-order valence-corrected chi connectivity index (χ0v) is 35.7. The zero-order valence-electron chi connectivity index (χ0n) is 35.7. The van der Waals surface area contributed by atoms with Crippen LogP contribution in [0.4, 0.5) is 0 Å². The van der Waals surface area contributed by atoms with E-state index in [1.54, 1.807) is 0 Å². The molecule has 16 unspecified atom stereocenters. The fourth-order valence-electron chi connectivity index (χ4n) is 7.22. The molecule has 0 spiro atoms. The lowest BCUT2D eigenvalue weighted by Crippen LogP contribution is -2.67. The van der Waals surface area contributed by atoms with Crippen LogP contribution in [0.1, 0.15) is 23.6 Å². The van der Waals surface area contributed by atoms with Gasteiger partial charge in [-0.2, -0.15) is 0 Å². The van der Waals surface area contributed by atoms with Crippen LogP contribution >= 0.6 is 0 Å². The summed E-state index contributed by atoms with van der Waals surface area (Å²) in [6.07, 6.45) is -27.4. The first-order valence-corrected chi connectivity index (χ1v) is 20.8. The third kappa shape index (κ3) is 12.3. The van der Waals surface area contributed by atoms with Crippen molar-refractivity contribution >= 4 is 24.1 Å². The minimum atomic E-state index is -2.35. The predicted molar refractivity (Wildman–Crippen MR) is 224 cm³/mol. The molecule has 3 aliphatic rings. The molecule has 3 heterocycles. The van der Waals surface area contributed by atoms with Crippen molar-refractivity contribution in [2.24, 2.45) is 0 Å². The van der Waals surface area contributed by atoms with Crippen LogP contribution in [0.15, 0.2) is 66.7 Å². The van der Waals surface area contributed by atoms with Crippen molar-refractivity contribution in [2.45, 2.75) is 112 Å². The highest BCUT2D eigenvalue weighted by Crippen LogP contribution is 2.36. The van der Waals surface area contributed by atoms with Gasteiger partial charge in [-0.1, -0.05) is 18.2 Å². The highest BCUT2D eigenvalue weighted by Gasteiger charge is 2.57. The molecule has 0 aromatic heterocycles. The summed E-state index contributed by atoms with van der Waals surface area (Å²) in [7, 11) is 0. The number of rotatable bonds is 16. The van der Waals surface area contributed by atoms with E-state index in [1.165, 1.54) is 37.3 Å². The van der Waals surface area contributed by atoms with Gasteiger partial charge in [0, 0.05) is 12.2 Å². The Bertz CT molecular complexity index is 2250. The van der Waals surface area contributed by atoms with Crippen LogP contribution in [0.5, 0.6) is 34.5 Å². The molecule has 3 fully saturated rings. The highest BCUT2D eigenvalue weighted by atomic mass is 16.8. The normalized spacial score (nSPS) is 32.5. The largest absolute Gasteiger partial charge is 0.504 e. The van der Waals surface area contributed by atoms with Crippen molar-refractivity contribution < 1.29 is 119 Å². The van der Waals surface area contributed by atoms with Crippen LogP contribution in [0.3, 0.4) is 0 Å². The number of hydrogen-bond donors (Lipinski definition) is 14. The van der Waals surface area contributed by atoms with Crippen LogP contribution < -0.4 is 0 Å². The van der Waals surface area contributed by atoms with Gasteiger partial charge in [0.1, 0.15) is 54.9 Å². The minimum Gasteiger partial charge on any atom is -0.504 e.